The van der Waals surface area contributed by atoms with Crippen LogP contribution in [0.1, 0.15) is 48.9 Å². The lowest BCUT2D eigenvalue weighted by Crippen LogP contribution is -2.47. The molecule has 28 heavy (non-hydrogen) atoms. The molecule has 3 atom stereocenters. The van der Waals surface area contributed by atoms with Crippen molar-refractivity contribution >= 4 is 15.7 Å². The van der Waals surface area contributed by atoms with Crippen molar-refractivity contribution in [2.24, 2.45) is 0 Å². The number of nitrogens with zero attached hydrogens (tertiary/aromatic N) is 1. The van der Waals surface area contributed by atoms with Crippen LogP contribution in [0.25, 0.3) is 0 Å². The average Bonchev–Trinajstić information content (AvgIpc) is 3.25. The first-order valence-corrected chi connectivity index (χ1v) is 12.0. The van der Waals surface area contributed by atoms with Gasteiger partial charge >= 0.3 is 0 Å². The average molecular weight is 409 g/mol. The number of carbonyl (C=O) groups excluding carboxylic acids is 1. The second-order valence-corrected chi connectivity index (χ2v) is 10.5. The molecule has 0 radical (unpaired) electrons. The number of ether oxygens (including phenoxy) is 1. The summed E-state index contributed by atoms with van der Waals surface area (Å²) in [5.41, 5.74) is 3.51. The molecular weight excluding hydrogens is 376 g/mol. The maximum Gasteiger partial charge on any atom is 0.234 e. The minimum absolute atomic E-state index is 0.0759. The highest BCUT2D eigenvalue weighted by atomic mass is 32.2. The number of nitrogens with one attached hydrogen (secondary N) is 1. The van der Waals surface area contributed by atoms with Crippen LogP contribution in [0.15, 0.2) is 18.2 Å². The highest BCUT2D eigenvalue weighted by Gasteiger charge is 2.35. The fraction of sp³-hybridized carbons (Fsp3) is 0.667. The van der Waals surface area contributed by atoms with Gasteiger partial charge in [-0.2, -0.15) is 0 Å². The zero-order valence-corrected chi connectivity index (χ0v) is 17.9. The van der Waals surface area contributed by atoms with Gasteiger partial charge in [-0.1, -0.05) is 18.2 Å². The van der Waals surface area contributed by atoms with Gasteiger partial charge in [0, 0.05) is 19.2 Å². The third-order valence-corrected chi connectivity index (χ3v) is 7.69. The molecule has 0 aromatic heterocycles. The van der Waals surface area contributed by atoms with Gasteiger partial charge < -0.3 is 10.1 Å². The van der Waals surface area contributed by atoms with Gasteiger partial charge in [0.25, 0.3) is 0 Å². The SMILES string of the molecule is Cc1ccc(C(C)NC(=O)CN(CC2CCCO2)C2CCS(=O)(=O)C2)cc1C. The molecule has 156 valence electrons. The Morgan fingerprint density at radius 1 is 1.29 bits per heavy atom. The molecule has 2 aliphatic rings. The quantitative estimate of drug-likeness (QED) is 0.748. The van der Waals surface area contributed by atoms with E-state index in [0.717, 1.165) is 25.0 Å². The van der Waals surface area contributed by atoms with Gasteiger partial charge in [-0.05, 0) is 56.7 Å². The fourth-order valence-electron chi connectivity index (χ4n) is 4.04. The van der Waals surface area contributed by atoms with Crippen LogP contribution in [0.3, 0.4) is 0 Å². The topological polar surface area (TPSA) is 75.7 Å². The van der Waals surface area contributed by atoms with Gasteiger partial charge in [0.1, 0.15) is 0 Å². The highest BCUT2D eigenvalue weighted by molar-refractivity contribution is 7.91. The van der Waals surface area contributed by atoms with Crippen LogP contribution in [-0.2, 0) is 19.4 Å². The summed E-state index contributed by atoms with van der Waals surface area (Å²) in [4.78, 5) is 14.8. The lowest BCUT2D eigenvalue weighted by molar-refractivity contribution is -0.123. The standard InChI is InChI=1S/C21H32N2O4S/c1-15-6-7-18(11-16(15)2)17(3)22-21(24)13-23(12-20-5-4-9-27-20)19-8-10-28(25,26)14-19/h6-7,11,17,19-20H,4-5,8-10,12-14H2,1-3H3,(H,22,24). The summed E-state index contributed by atoms with van der Waals surface area (Å²) in [6.07, 6.45) is 2.68. The monoisotopic (exact) mass is 408 g/mol. The van der Waals surface area contributed by atoms with E-state index < -0.39 is 9.84 Å². The fourth-order valence-corrected chi connectivity index (χ4v) is 5.81. The molecule has 1 amide bonds. The Kier molecular flexibility index (Phi) is 6.78. The molecule has 3 rings (SSSR count). The summed E-state index contributed by atoms with van der Waals surface area (Å²) in [6, 6.07) is 6.02. The van der Waals surface area contributed by atoms with Gasteiger partial charge in [0.15, 0.2) is 9.84 Å². The molecule has 1 aromatic carbocycles. The van der Waals surface area contributed by atoms with Crippen molar-refractivity contribution in [3.63, 3.8) is 0 Å². The van der Waals surface area contributed by atoms with E-state index in [9.17, 15) is 13.2 Å². The summed E-state index contributed by atoms with van der Waals surface area (Å²) >= 11 is 0. The molecule has 0 spiro atoms. The van der Waals surface area contributed by atoms with Crippen LogP contribution >= 0.6 is 0 Å². The van der Waals surface area contributed by atoms with Crippen molar-refractivity contribution in [1.82, 2.24) is 10.2 Å². The third kappa shape index (κ3) is 5.55. The molecule has 0 saturated carbocycles. The Morgan fingerprint density at radius 3 is 2.68 bits per heavy atom. The smallest absolute Gasteiger partial charge is 0.234 e. The van der Waals surface area contributed by atoms with Crippen molar-refractivity contribution in [2.75, 3.05) is 31.2 Å². The summed E-state index contributed by atoms with van der Waals surface area (Å²) < 4.78 is 29.6. The summed E-state index contributed by atoms with van der Waals surface area (Å²) in [6.45, 7) is 7.68. The van der Waals surface area contributed by atoms with Gasteiger partial charge in [-0.15, -0.1) is 0 Å². The number of benzene rings is 1. The van der Waals surface area contributed by atoms with Crippen molar-refractivity contribution < 1.29 is 17.9 Å². The van der Waals surface area contributed by atoms with E-state index in [-0.39, 0.29) is 42.1 Å². The predicted octanol–water partition coefficient (Wildman–Crippen LogP) is 2.15. The number of aryl methyl sites for hydroxylation is 2. The van der Waals surface area contributed by atoms with Gasteiger partial charge in [0.2, 0.25) is 5.91 Å². The highest BCUT2D eigenvalue weighted by Crippen LogP contribution is 2.22. The summed E-state index contributed by atoms with van der Waals surface area (Å²) in [5.74, 6) is 0.271. The molecule has 2 saturated heterocycles. The number of hydrogen-bond acceptors (Lipinski definition) is 5. The number of hydrogen-bond donors (Lipinski definition) is 1. The molecule has 3 unspecified atom stereocenters. The predicted molar refractivity (Wildman–Crippen MR) is 110 cm³/mol. The number of sulfone groups is 1. The first-order chi connectivity index (χ1) is 13.2. The molecular formula is C21H32N2O4S. The lowest BCUT2D eigenvalue weighted by Gasteiger charge is -2.30. The molecule has 7 heteroatoms. The third-order valence-electron chi connectivity index (χ3n) is 5.94. The Labute approximate surface area is 168 Å². The first kappa shape index (κ1) is 21.3. The number of rotatable bonds is 7. The van der Waals surface area contributed by atoms with Crippen LogP contribution in [0.5, 0.6) is 0 Å². The Balaban J connectivity index is 1.63. The zero-order valence-electron chi connectivity index (χ0n) is 17.1. The number of carbonyl (C=O) groups is 1. The van der Waals surface area contributed by atoms with Gasteiger partial charge in [-0.3, -0.25) is 9.69 Å². The molecule has 2 fully saturated rings. The molecule has 2 aliphatic heterocycles. The molecule has 0 aliphatic carbocycles. The maximum absolute atomic E-state index is 12.7. The van der Waals surface area contributed by atoms with Crippen LogP contribution in [0.4, 0.5) is 0 Å². The zero-order chi connectivity index (χ0) is 20.3. The van der Waals surface area contributed by atoms with Crippen molar-refractivity contribution in [2.45, 2.75) is 58.2 Å². The Morgan fingerprint density at radius 2 is 2.07 bits per heavy atom. The minimum atomic E-state index is -3.00. The molecule has 1 aromatic rings. The Hall–Kier alpha value is -1.44. The Bertz CT molecular complexity index is 803. The van der Waals surface area contributed by atoms with Crippen LogP contribution in [-0.4, -0.2) is 62.6 Å². The molecule has 1 N–H and O–H groups in total. The minimum Gasteiger partial charge on any atom is -0.377 e. The van der Waals surface area contributed by atoms with Gasteiger partial charge in [-0.25, -0.2) is 8.42 Å². The van der Waals surface area contributed by atoms with Crippen LogP contribution in [0.2, 0.25) is 0 Å². The molecule has 0 bridgehead atoms. The second-order valence-electron chi connectivity index (χ2n) is 8.25. The van der Waals surface area contributed by atoms with Crippen molar-refractivity contribution in [3.05, 3.63) is 34.9 Å². The normalized spacial score (nSPS) is 25.1. The van der Waals surface area contributed by atoms with Crippen molar-refractivity contribution in [3.8, 4) is 0 Å². The first-order valence-electron chi connectivity index (χ1n) is 10.2. The summed E-state index contributed by atoms with van der Waals surface area (Å²) in [7, 11) is -3.00. The van der Waals surface area contributed by atoms with E-state index >= 15 is 0 Å². The number of amides is 1. The molecule has 6 nitrogen and oxygen atoms in total. The van der Waals surface area contributed by atoms with Crippen molar-refractivity contribution in [1.29, 1.82) is 0 Å². The summed E-state index contributed by atoms with van der Waals surface area (Å²) in [5, 5.41) is 3.07. The largest absolute Gasteiger partial charge is 0.377 e. The maximum atomic E-state index is 12.7. The van der Waals surface area contributed by atoms with E-state index in [4.69, 9.17) is 4.74 Å². The van der Waals surface area contributed by atoms with E-state index in [0.29, 0.717) is 13.0 Å². The van der Waals surface area contributed by atoms with E-state index in [2.05, 4.69) is 31.3 Å². The lowest BCUT2D eigenvalue weighted by atomic mass is 10.0. The van der Waals surface area contributed by atoms with E-state index in [1.807, 2.05) is 17.9 Å². The van der Waals surface area contributed by atoms with Gasteiger partial charge in [0.05, 0.1) is 30.2 Å². The van der Waals surface area contributed by atoms with Crippen LogP contribution in [0, 0.1) is 13.8 Å². The second kappa shape index (κ2) is 8.93. The molecule has 2 heterocycles. The van der Waals surface area contributed by atoms with Crippen LogP contribution < -0.4 is 5.32 Å². The van der Waals surface area contributed by atoms with E-state index in [1.165, 1.54) is 11.1 Å². The van der Waals surface area contributed by atoms with E-state index in [1.54, 1.807) is 0 Å².